The van der Waals surface area contributed by atoms with Crippen LogP contribution in [-0.2, 0) is 9.59 Å². The van der Waals surface area contributed by atoms with Gasteiger partial charge in [0, 0.05) is 5.69 Å². The molecule has 0 aliphatic carbocycles. The molecule has 5 nitrogen and oxygen atoms in total. The van der Waals surface area contributed by atoms with Crippen molar-refractivity contribution in [2.45, 2.75) is 32.9 Å². The molecule has 2 atom stereocenters. The predicted octanol–water partition coefficient (Wildman–Crippen LogP) is 1.30. The fourth-order valence-corrected chi connectivity index (χ4v) is 1.52. The zero-order valence-corrected chi connectivity index (χ0v) is 12.1. The molecule has 0 saturated carbocycles. The van der Waals surface area contributed by atoms with E-state index in [1.54, 1.807) is 31.2 Å². The van der Waals surface area contributed by atoms with Gasteiger partial charge in [-0.15, -0.1) is 0 Å². The summed E-state index contributed by atoms with van der Waals surface area (Å²) < 4.78 is 0. The molecule has 0 unspecified atom stereocenters. The van der Waals surface area contributed by atoms with Gasteiger partial charge in [-0.2, -0.15) is 0 Å². The highest BCUT2D eigenvalue weighted by atomic mass is 16.2. The van der Waals surface area contributed by atoms with Gasteiger partial charge >= 0.3 is 0 Å². The van der Waals surface area contributed by atoms with Crippen LogP contribution < -0.4 is 16.4 Å². The van der Waals surface area contributed by atoms with Gasteiger partial charge in [0.05, 0.1) is 6.04 Å². The molecule has 0 fully saturated rings. The fraction of sp³-hybridized carbons (Fsp3) is 0.400. The summed E-state index contributed by atoms with van der Waals surface area (Å²) in [6.45, 7) is 9.10. The van der Waals surface area contributed by atoms with Crippen LogP contribution in [0.15, 0.2) is 24.3 Å². The summed E-state index contributed by atoms with van der Waals surface area (Å²) in [5.41, 5.74) is 7.26. The number of hydrogen-bond acceptors (Lipinski definition) is 3. The number of hydrogen-bond donors (Lipinski definition) is 3. The molecule has 1 rings (SSSR count). The van der Waals surface area contributed by atoms with Crippen molar-refractivity contribution in [2.24, 2.45) is 11.7 Å². The summed E-state index contributed by atoms with van der Waals surface area (Å²) >= 11 is 0. The van der Waals surface area contributed by atoms with E-state index in [-0.39, 0.29) is 17.7 Å². The summed E-state index contributed by atoms with van der Waals surface area (Å²) in [5.74, 6) is -0.586. The van der Waals surface area contributed by atoms with Crippen molar-refractivity contribution >= 4 is 17.5 Å². The molecule has 1 aromatic rings. The summed E-state index contributed by atoms with van der Waals surface area (Å²) in [7, 11) is 0. The van der Waals surface area contributed by atoms with E-state index in [0.29, 0.717) is 5.69 Å². The summed E-state index contributed by atoms with van der Waals surface area (Å²) in [6.07, 6.45) is 0. The van der Waals surface area contributed by atoms with Crippen LogP contribution in [0.5, 0.6) is 0 Å². The molecule has 1 aromatic carbocycles. The Labute approximate surface area is 119 Å². The van der Waals surface area contributed by atoms with Crippen LogP contribution >= 0.6 is 0 Å². The first kappa shape index (κ1) is 16.2. The van der Waals surface area contributed by atoms with Crippen molar-refractivity contribution in [3.63, 3.8) is 0 Å². The number of nitrogens with one attached hydrogen (secondary N) is 2. The van der Waals surface area contributed by atoms with Crippen LogP contribution in [0.4, 0.5) is 5.69 Å². The van der Waals surface area contributed by atoms with Gasteiger partial charge in [-0.3, -0.25) is 9.59 Å². The molecule has 4 N–H and O–H groups in total. The van der Waals surface area contributed by atoms with Gasteiger partial charge < -0.3 is 16.4 Å². The Morgan fingerprint density at radius 2 is 1.65 bits per heavy atom. The maximum atomic E-state index is 11.9. The minimum atomic E-state index is -0.647. The Morgan fingerprint density at radius 1 is 1.10 bits per heavy atom. The van der Waals surface area contributed by atoms with Crippen LogP contribution in [0.2, 0.25) is 0 Å². The largest absolute Gasteiger partial charge is 0.343 e. The highest BCUT2D eigenvalue weighted by molar-refractivity contribution is 5.97. The van der Waals surface area contributed by atoms with E-state index in [4.69, 9.17) is 5.73 Å². The minimum Gasteiger partial charge on any atom is -0.343 e. The molecule has 1 radical (unpaired) electrons. The molecule has 20 heavy (non-hydrogen) atoms. The Hall–Kier alpha value is -1.88. The van der Waals surface area contributed by atoms with E-state index >= 15 is 0 Å². The molecular formula is C15H22N3O2. The zero-order valence-electron chi connectivity index (χ0n) is 12.1. The lowest BCUT2D eigenvalue weighted by molar-refractivity contribution is -0.127. The van der Waals surface area contributed by atoms with E-state index in [0.717, 1.165) is 5.56 Å². The summed E-state index contributed by atoms with van der Waals surface area (Å²) in [6, 6.07) is 5.85. The lowest BCUT2D eigenvalue weighted by Gasteiger charge is -2.19. The lowest BCUT2D eigenvalue weighted by atomic mass is 10.0. The number of rotatable bonds is 5. The third-order valence-corrected chi connectivity index (χ3v) is 2.99. The topological polar surface area (TPSA) is 84.2 Å². The number of nitrogens with two attached hydrogens (primary N) is 1. The second-order valence-electron chi connectivity index (χ2n) is 5.19. The van der Waals surface area contributed by atoms with Crippen molar-refractivity contribution in [2.75, 3.05) is 5.32 Å². The SMILES string of the molecule is [CH2]c1ccc(NC(=O)[C@@H](C)NC(=O)[C@H](N)C(C)C)cc1. The molecule has 2 amide bonds. The van der Waals surface area contributed by atoms with Gasteiger partial charge in [0.1, 0.15) is 6.04 Å². The van der Waals surface area contributed by atoms with Crippen LogP contribution in [0.3, 0.4) is 0 Å². The number of carbonyl (C=O) groups excluding carboxylic acids is 2. The highest BCUT2D eigenvalue weighted by Gasteiger charge is 2.21. The van der Waals surface area contributed by atoms with E-state index in [9.17, 15) is 9.59 Å². The third kappa shape index (κ3) is 4.66. The van der Waals surface area contributed by atoms with Gasteiger partial charge in [0.25, 0.3) is 0 Å². The smallest absolute Gasteiger partial charge is 0.246 e. The molecular weight excluding hydrogens is 254 g/mol. The second-order valence-corrected chi connectivity index (χ2v) is 5.19. The second kappa shape index (κ2) is 7.05. The van der Waals surface area contributed by atoms with Gasteiger partial charge in [-0.25, -0.2) is 0 Å². The Balaban J connectivity index is 2.55. The number of carbonyl (C=O) groups is 2. The standard InChI is InChI=1S/C15H22N3O2/c1-9(2)13(16)15(20)17-11(4)14(19)18-12-7-5-10(3)6-8-12/h5-9,11,13H,3,16H2,1-2,4H3,(H,17,20)(H,18,19)/t11-,13-/m1/s1. The molecule has 0 spiro atoms. The monoisotopic (exact) mass is 276 g/mol. The molecule has 0 bridgehead atoms. The number of benzene rings is 1. The van der Waals surface area contributed by atoms with Gasteiger partial charge in [-0.05, 0) is 37.5 Å². The first-order valence-corrected chi connectivity index (χ1v) is 6.60. The van der Waals surface area contributed by atoms with Crippen LogP contribution in [0, 0.1) is 12.8 Å². The maximum absolute atomic E-state index is 11.9. The zero-order chi connectivity index (χ0) is 15.3. The lowest BCUT2D eigenvalue weighted by Crippen LogP contribution is -2.50. The summed E-state index contributed by atoms with van der Waals surface area (Å²) in [5, 5.41) is 5.32. The molecule has 0 aliphatic heterocycles. The normalized spacial score (nSPS) is 13.7. The van der Waals surface area contributed by atoms with Crippen molar-refractivity contribution in [1.29, 1.82) is 0 Å². The Morgan fingerprint density at radius 3 is 2.15 bits per heavy atom. The average molecular weight is 276 g/mol. The van der Waals surface area contributed by atoms with E-state index in [1.807, 2.05) is 13.8 Å². The van der Waals surface area contributed by atoms with E-state index in [1.165, 1.54) is 0 Å². The quantitative estimate of drug-likeness (QED) is 0.757. The first-order valence-electron chi connectivity index (χ1n) is 6.60. The fourth-order valence-electron chi connectivity index (χ4n) is 1.52. The van der Waals surface area contributed by atoms with E-state index in [2.05, 4.69) is 17.6 Å². The third-order valence-electron chi connectivity index (χ3n) is 2.99. The minimum absolute atomic E-state index is 0.0230. The molecule has 5 heteroatoms. The van der Waals surface area contributed by atoms with Crippen LogP contribution in [0.1, 0.15) is 26.3 Å². The molecule has 0 aromatic heterocycles. The van der Waals surface area contributed by atoms with Crippen LogP contribution in [-0.4, -0.2) is 23.9 Å². The first-order chi connectivity index (χ1) is 9.31. The Kier molecular flexibility index (Phi) is 5.70. The van der Waals surface area contributed by atoms with Crippen LogP contribution in [0.25, 0.3) is 0 Å². The molecule has 109 valence electrons. The number of anilines is 1. The van der Waals surface area contributed by atoms with Crippen molar-refractivity contribution in [1.82, 2.24) is 5.32 Å². The molecule has 0 aliphatic rings. The summed E-state index contributed by atoms with van der Waals surface area (Å²) in [4.78, 5) is 23.7. The van der Waals surface area contributed by atoms with Gasteiger partial charge in [-0.1, -0.05) is 26.0 Å². The maximum Gasteiger partial charge on any atom is 0.246 e. The molecule has 0 heterocycles. The number of amides is 2. The average Bonchev–Trinajstić information content (AvgIpc) is 2.40. The Bertz CT molecular complexity index is 469. The van der Waals surface area contributed by atoms with Crippen molar-refractivity contribution in [3.8, 4) is 0 Å². The predicted molar refractivity (Wildman–Crippen MR) is 79.9 cm³/mol. The highest BCUT2D eigenvalue weighted by Crippen LogP contribution is 2.09. The van der Waals surface area contributed by atoms with Gasteiger partial charge in [0.15, 0.2) is 0 Å². The van der Waals surface area contributed by atoms with E-state index < -0.39 is 12.1 Å². The van der Waals surface area contributed by atoms with Crippen molar-refractivity contribution in [3.05, 3.63) is 36.8 Å². The van der Waals surface area contributed by atoms with Gasteiger partial charge in [0.2, 0.25) is 11.8 Å². The van der Waals surface area contributed by atoms with Crippen molar-refractivity contribution < 1.29 is 9.59 Å². The molecule has 0 saturated heterocycles.